The molecule has 3 rings (SSSR count). The topological polar surface area (TPSA) is 63.5 Å². The summed E-state index contributed by atoms with van der Waals surface area (Å²) in [5, 5.41) is 2.38. The van der Waals surface area contributed by atoms with E-state index in [1.165, 1.54) is 0 Å². The number of aromatic nitrogens is 2. The lowest BCUT2D eigenvalue weighted by Gasteiger charge is -2.20. The summed E-state index contributed by atoms with van der Waals surface area (Å²) in [4.78, 5) is 26.8. The third kappa shape index (κ3) is 1.99. The summed E-state index contributed by atoms with van der Waals surface area (Å²) in [6, 6.07) is 3.98. The summed E-state index contributed by atoms with van der Waals surface area (Å²) in [6.07, 6.45) is 7.23. The predicted molar refractivity (Wildman–Crippen MR) is 64.8 cm³/mol. The summed E-state index contributed by atoms with van der Waals surface area (Å²) in [5.74, 6) is -0.429. The highest BCUT2D eigenvalue weighted by atomic mass is 16.2. The molecule has 0 radical (unpaired) electrons. The fourth-order valence-corrected chi connectivity index (χ4v) is 2.30. The van der Waals surface area contributed by atoms with Crippen LogP contribution in [0.1, 0.15) is 18.4 Å². The Morgan fingerprint density at radius 1 is 1.39 bits per heavy atom. The van der Waals surface area contributed by atoms with E-state index < -0.39 is 0 Å². The Hall–Kier alpha value is -2.17. The number of fused-ring (bicyclic) bond motifs is 1. The molecular formula is C13H13N3O2. The van der Waals surface area contributed by atoms with Crippen LogP contribution in [-0.4, -0.2) is 21.2 Å². The van der Waals surface area contributed by atoms with Crippen LogP contribution in [0, 0.1) is 5.92 Å². The molecule has 1 fully saturated rings. The third-order valence-corrected chi connectivity index (χ3v) is 3.30. The third-order valence-electron chi connectivity index (χ3n) is 3.30. The quantitative estimate of drug-likeness (QED) is 0.798. The van der Waals surface area contributed by atoms with Crippen molar-refractivity contribution in [3.05, 3.63) is 36.4 Å². The second-order valence-corrected chi connectivity index (χ2v) is 4.62. The summed E-state index contributed by atoms with van der Waals surface area (Å²) < 4.78 is 1.93. The van der Waals surface area contributed by atoms with E-state index in [0.717, 1.165) is 11.1 Å². The van der Waals surface area contributed by atoms with Crippen LogP contribution in [-0.2, 0) is 16.0 Å². The van der Waals surface area contributed by atoms with Crippen LogP contribution in [0.3, 0.4) is 0 Å². The standard InChI is InChI=1S/C13H13N3O2/c17-12-4-2-10(13(18)15-12)5-9-1-3-11-6-14-8-16(11)7-9/h1,3,6-8,10H,2,4-5H2,(H,15,17,18). The Morgan fingerprint density at radius 3 is 3.11 bits per heavy atom. The zero-order valence-electron chi connectivity index (χ0n) is 9.80. The van der Waals surface area contributed by atoms with E-state index in [9.17, 15) is 9.59 Å². The van der Waals surface area contributed by atoms with Crippen molar-refractivity contribution in [1.82, 2.24) is 14.7 Å². The SMILES string of the molecule is O=C1CCC(Cc2ccc3cncn3c2)C(=O)N1. The van der Waals surface area contributed by atoms with E-state index in [2.05, 4.69) is 10.3 Å². The molecule has 0 bridgehead atoms. The highest BCUT2D eigenvalue weighted by molar-refractivity contribution is 5.98. The van der Waals surface area contributed by atoms with Crippen LogP contribution in [0.2, 0.25) is 0 Å². The van der Waals surface area contributed by atoms with Gasteiger partial charge in [-0.15, -0.1) is 0 Å². The molecule has 5 nitrogen and oxygen atoms in total. The van der Waals surface area contributed by atoms with E-state index in [0.29, 0.717) is 19.3 Å². The van der Waals surface area contributed by atoms with Gasteiger partial charge in [0, 0.05) is 18.5 Å². The van der Waals surface area contributed by atoms with Gasteiger partial charge in [-0.3, -0.25) is 14.9 Å². The molecule has 0 aliphatic carbocycles. The fraction of sp³-hybridized carbons (Fsp3) is 0.308. The van der Waals surface area contributed by atoms with Crippen molar-refractivity contribution < 1.29 is 9.59 Å². The molecule has 5 heteroatoms. The first-order chi connectivity index (χ1) is 8.72. The van der Waals surface area contributed by atoms with E-state index in [1.54, 1.807) is 12.5 Å². The largest absolute Gasteiger partial charge is 0.306 e. The molecule has 92 valence electrons. The molecule has 1 N–H and O–H groups in total. The van der Waals surface area contributed by atoms with Crippen molar-refractivity contribution in [2.24, 2.45) is 5.92 Å². The number of imidazole rings is 1. The molecule has 1 atom stereocenters. The van der Waals surface area contributed by atoms with Crippen molar-refractivity contribution in [2.45, 2.75) is 19.3 Å². The van der Waals surface area contributed by atoms with Crippen molar-refractivity contribution in [3.8, 4) is 0 Å². The van der Waals surface area contributed by atoms with E-state index in [1.807, 2.05) is 22.7 Å². The molecule has 3 heterocycles. The lowest BCUT2D eigenvalue weighted by Crippen LogP contribution is -2.41. The van der Waals surface area contributed by atoms with E-state index >= 15 is 0 Å². The maximum Gasteiger partial charge on any atom is 0.230 e. The Kier molecular flexibility index (Phi) is 2.59. The average Bonchev–Trinajstić information content (AvgIpc) is 2.80. The second-order valence-electron chi connectivity index (χ2n) is 4.62. The number of hydrogen-bond acceptors (Lipinski definition) is 3. The monoisotopic (exact) mass is 243 g/mol. The first kappa shape index (κ1) is 11.0. The molecule has 1 saturated heterocycles. The lowest BCUT2D eigenvalue weighted by molar-refractivity contribution is -0.136. The number of rotatable bonds is 2. The number of hydrogen-bond donors (Lipinski definition) is 1. The molecule has 0 aromatic carbocycles. The van der Waals surface area contributed by atoms with Gasteiger partial charge in [0.15, 0.2) is 0 Å². The summed E-state index contributed by atoms with van der Waals surface area (Å²) in [7, 11) is 0. The number of carbonyl (C=O) groups is 2. The minimum absolute atomic E-state index is 0.108. The number of piperidine rings is 1. The van der Waals surface area contributed by atoms with E-state index in [-0.39, 0.29) is 17.7 Å². The van der Waals surface area contributed by atoms with Gasteiger partial charge >= 0.3 is 0 Å². The maximum absolute atomic E-state index is 11.7. The molecule has 1 unspecified atom stereocenters. The minimum atomic E-state index is -0.165. The molecule has 2 aromatic rings. The van der Waals surface area contributed by atoms with Gasteiger partial charge < -0.3 is 4.40 Å². The number of amides is 2. The normalized spacial score (nSPS) is 20.1. The van der Waals surface area contributed by atoms with Crippen LogP contribution < -0.4 is 5.32 Å². The molecule has 1 aliphatic rings. The minimum Gasteiger partial charge on any atom is -0.306 e. The van der Waals surface area contributed by atoms with Gasteiger partial charge in [-0.2, -0.15) is 0 Å². The lowest BCUT2D eigenvalue weighted by atomic mass is 9.92. The molecule has 1 aliphatic heterocycles. The van der Waals surface area contributed by atoms with Crippen LogP contribution in [0.15, 0.2) is 30.9 Å². The second kappa shape index (κ2) is 4.25. The Morgan fingerprint density at radius 2 is 2.28 bits per heavy atom. The number of nitrogens with one attached hydrogen (secondary N) is 1. The Labute approximate surface area is 104 Å². The highest BCUT2D eigenvalue weighted by Gasteiger charge is 2.26. The highest BCUT2D eigenvalue weighted by Crippen LogP contribution is 2.18. The van der Waals surface area contributed by atoms with Crippen molar-refractivity contribution in [1.29, 1.82) is 0 Å². The average molecular weight is 243 g/mol. The van der Waals surface area contributed by atoms with Crippen LogP contribution in [0.25, 0.3) is 5.52 Å². The Bertz CT molecular complexity index is 617. The van der Waals surface area contributed by atoms with Crippen molar-refractivity contribution in [3.63, 3.8) is 0 Å². The van der Waals surface area contributed by atoms with Crippen molar-refractivity contribution >= 4 is 17.3 Å². The number of carbonyl (C=O) groups excluding carboxylic acids is 2. The molecule has 2 amide bonds. The van der Waals surface area contributed by atoms with Gasteiger partial charge in [0.25, 0.3) is 0 Å². The number of imide groups is 1. The Balaban J connectivity index is 1.79. The van der Waals surface area contributed by atoms with Crippen LogP contribution in [0.4, 0.5) is 0 Å². The van der Waals surface area contributed by atoms with Gasteiger partial charge in [0.05, 0.1) is 18.0 Å². The molecule has 0 spiro atoms. The fourth-order valence-electron chi connectivity index (χ4n) is 2.30. The zero-order valence-corrected chi connectivity index (χ0v) is 9.80. The number of nitrogens with zero attached hydrogens (tertiary/aromatic N) is 2. The molecular weight excluding hydrogens is 230 g/mol. The molecule has 2 aromatic heterocycles. The smallest absolute Gasteiger partial charge is 0.230 e. The molecule has 18 heavy (non-hydrogen) atoms. The van der Waals surface area contributed by atoms with Gasteiger partial charge in [0.2, 0.25) is 11.8 Å². The van der Waals surface area contributed by atoms with Crippen LogP contribution >= 0.6 is 0 Å². The van der Waals surface area contributed by atoms with Crippen molar-refractivity contribution in [2.75, 3.05) is 0 Å². The number of pyridine rings is 1. The first-order valence-corrected chi connectivity index (χ1v) is 5.96. The van der Waals surface area contributed by atoms with Crippen LogP contribution in [0.5, 0.6) is 0 Å². The summed E-state index contributed by atoms with van der Waals surface area (Å²) in [5.41, 5.74) is 2.11. The van der Waals surface area contributed by atoms with E-state index in [4.69, 9.17) is 0 Å². The van der Waals surface area contributed by atoms with Gasteiger partial charge in [-0.1, -0.05) is 6.07 Å². The predicted octanol–water partition coefficient (Wildman–Crippen LogP) is 0.930. The summed E-state index contributed by atoms with van der Waals surface area (Å²) in [6.45, 7) is 0. The van der Waals surface area contributed by atoms with Gasteiger partial charge in [0.1, 0.15) is 0 Å². The maximum atomic E-state index is 11.7. The van der Waals surface area contributed by atoms with Gasteiger partial charge in [-0.25, -0.2) is 4.98 Å². The zero-order chi connectivity index (χ0) is 12.5. The summed E-state index contributed by atoms with van der Waals surface area (Å²) >= 11 is 0. The first-order valence-electron chi connectivity index (χ1n) is 5.96. The van der Waals surface area contributed by atoms with Gasteiger partial charge in [-0.05, 0) is 24.5 Å². The molecule has 0 saturated carbocycles.